The number of piperazine rings is 1. The van der Waals surface area contributed by atoms with Gasteiger partial charge in [-0.05, 0) is 60.8 Å². The van der Waals surface area contributed by atoms with Crippen LogP contribution in [0.5, 0.6) is 0 Å². The molecular formula is C28H39N3O3S. The minimum Gasteiger partial charge on any atom is -0.342 e. The molecule has 1 unspecified atom stereocenters. The van der Waals surface area contributed by atoms with Crippen molar-refractivity contribution >= 4 is 15.9 Å². The highest BCUT2D eigenvalue weighted by Crippen LogP contribution is 2.24. The Labute approximate surface area is 211 Å². The van der Waals surface area contributed by atoms with Crippen LogP contribution < -0.4 is 0 Å². The molecule has 6 nitrogen and oxygen atoms in total. The number of carbonyl (C=O) groups excluding carboxylic acids is 1. The minimum absolute atomic E-state index is 0.167. The molecule has 7 heteroatoms. The lowest BCUT2D eigenvalue weighted by atomic mass is 9.90. The molecule has 190 valence electrons. The number of benzene rings is 2. The van der Waals surface area contributed by atoms with Gasteiger partial charge in [0.1, 0.15) is 0 Å². The summed E-state index contributed by atoms with van der Waals surface area (Å²) in [6, 6.07) is 17.9. The van der Waals surface area contributed by atoms with Gasteiger partial charge in [-0.3, -0.25) is 9.69 Å². The monoisotopic (exact) mass is 497 g/mol. The topological polar surface area (TPSA) is 60.9 Å². The summed E-state index contributed by atoms with van der Waals surface area (Å²) in [5.74, 6) is 1.22. The van der Waals surface area contributed by atoms with Crippen molar-refractivity contribution in [1.82, 2.24) is 14.1 Å². The van der Waals surface area contributed by atoms with E-state index in [1.54, 1.807) is 16.4 Å². The van der Waals surface area contributed by atoms with Gasteiger partial charge in [-0.2, -0.15) is 4.31 Å². The van der Waals surface area contributed by atoms with Crippen LogP contribution in [0.4, 0.5) is 0 Å². The van der Waals surface area contributed by atoms with E-state index >= 15 is 0 Å². The largest absolute Gasteiger partial charge is 0.342 e. The smallest absolute Gasteiger partial charge is 0.243 e. The number of hydrogen-bond donors (Lipinski definition) is 0. The zero-order valence-corrected chi connectivity index (χ0v) is 21.9. The minimum atomic E-state index is -3.50. The Bertz CT molecular complexity index is 1060. The van der Waals surface area contributed by atoms with E-state index in [0.717, 1.165) is 38.8 Å². The molecule has 2 aliphatic rings. The molecule has 2 heterocycles. The van der Waals surface area contributed by atoms with Crippen LogP contribution in [0.1, 0.15) is 50.2 Å². The van der Waals surface area contributed by atoms with Gasteiger partial charge in [0, 0.05) is 39.3 Å². The molecule has 2 aromatic carbocycles. The molecular weight excluding hydrogens is 458 g/mol. The average Bonchev–Trinajstić information content (AvgIpc) is 2.89. The lowest BCUT2D eigenvalue weighted by molar-refractivity contribution is -0.134. The van der Waals surface area contributed by atoms with Gasteiger partial charge in [-0.25, -0.2) is 8.42 Å². The Morgan fingerprint density at radius 1 is 0.914 bits per heavy atom. The van der Waals surface area contributed by atoms with Gasteiger partial charge in [0.15, 0.2) is 0 Å². The van der Waals surface area contributed by atoms with Gasteiger partial charge >= 0.3 is 0 Å². The molecule has 4 rings (SSSR count). The van der Waals surface area contributed by atoms with Gasteiger partial charge in [-0.1, -0.05) is 56.3 Å². The van der Waals surface area contributed by atoms with E-state index in [9.17, 15) is 13.2 Å². The van der Waals surface area contributed by atoms with Crippen molar-refractivity contribution in [3.05, 3.63) is 65.7 Å². The molecule has 0 aliphatic carbocycles. The third kappa shape index (κ3) is 6.51. The second kappa shape index (κ2) is 11.7. The molecule has 2 aromatic rings. The van der Waals surface area contributed by atoms with Crippen molar-refractivity contribution in [3.8, 4) is 0 Å². The van der Waals surface area contributed by atoms with Crippen molar-refractivity contribution in [2.75, 3.05) is 45.8 Å². The number of likely N-dealkylation sites (tertiary alicyclic amines) is 1. The summed E-state index contributed by atoms with van der Waals surface area (Å²) in [5.41, 5.74) is 2.54. The molecule has 35 heavy (non-hydrogen) atoms. The summed E-state index contributed by atoms with van der Waals surface area (Å²) in [6.07, 6.45) is 4.20. The SMILES string of the molecule is CCC(C)c1ccc(S(=O)(=O)N2CCN(CC(=O)N3CCC(Cc4ccccc4)CC3)CC2)cc1. The maximum Gasteiger partial charge on any atom is 0.243 e. The van der Waals surface area contributed by atoms with Crippen LogP contribution in [0.3, 0.4) is 0 Å². The summed E-state index contributed by atoms with van der Waals surface area (Å²) in [5, 5.41) is 0. The van der Waals surface area contributed by atoms with E-state index in [2.05, 4.69) is 43.0 Å². The summed E-state index contributed by atoms with van der Waals surface area (Å²) in [4.78, 5) is 17.3. The van der Waals surface area contributed by atoms with Crippen LogP contribution in [0, 0.1) is 5.92 Å². The quantitative estimate of drug-likeness (QED) is 0.553. The average molecular weight is 498 g/mol. The maximum atomic E-state index is 13.1. The second-order valence-corrected chi connectivity index (χ2v) is 12.0. The van der Waals surface area contributed by atoms with Crippen molar-refractivity contribution in [2.24, 2.45) is 5.92 Å². The lowest BCUT2D eigenvalue weighted by Gasteiger charge is -2.36. The summed E-state index contributed by atoms with van der Waals surface area (Å²) in [7, 11) is -3.50. The summed E-state index contributed by atoms with van der Waals surface area (Å²) >= 11 is 0. The Morgan fingerprint density at radius 2 is 1.54 bits per heavy atom. The van der Waals surface area contributed by atoms with Crippen LogP contribution in [-0.2, 0) is 21.2 Å². The molecule has 0 saturated carbocycles. The first kappa shape index (κ1) is 25.9. The van der Waals surface area contributed by atoms with E-state index in [-0.39, 0.29) is 5.91 Å². The van der Waals surface area contributed by atoms with Gasteiger partial charge in [0.25, 0.3) is 0 Å². The first-order valence-electron chi connectivity index (χ1n) is 13.0. The van der Waals surface area contributed by atoms with E-state index in [0.29, 0.717) is 49.5 Å². The summed E-state index contributed by atoms with van der Waals surface area (Å²) < 4.78 is 27.8. The highest BCUT2D eigenvalue weighted by atomic mass is 32.2. The first-order valence-corrected chi connectivity index (χ1v) is 14.4. The van der Waals surface area contributed by atoms with E-state index in [1.165, 1.54) is 11.1 Å². The number of sulfonamides is 1. The van der Waals surface area contributed by atoms with E-state index in [4.69, 9.17) is 0 Å². The molecule has 2 saturated heterocycles. The van der Waals surface area contributed by atoms with Gasteiger partial charge < -0.3 is 4.90 Å². The molecule has 0 N–H and O–H groups in total. The van der Waals surface area contributed by atoms with Gasteiger partial charge in [0.05, 0.1) is 11.4 Å². The lowest BCUT2D eigenvalue weighted by Crippen LogP contribution is -2.52. The fourth-order valence-corrected chi connectivity index (χ4v) is 6.53. The molecule has 2 aliphatic heterocycles. The number of piperidine rings is 1. The number of rotatable bonds is 8. The Hall–Kier alpha value is -2.22. The van der Waals surface area contributed by atoms with Crippen molar-refractivity contribution in [2.45, 2.75) is 50.3 Å². The number of hydrogen-bond acceptors (Lipinski definition) is 4. The molecule has 0 spiro atoms. The zero-order valence-electron chi connectivity index (χ0n) is 21.1. The van der Waals surface area contributed by atoms with E-state index < -0.39 is 10.0 Å². The standard InChI is InChI=1S/C28H39N3O3S/c1-3-23(2)26-9-11-27(12-10-26)35(33,34)31-19-17-29(18-20-31)22-28(32)30-15-13-25(14-16-30)21-24-7-5-4-6-8-24/h4-12,23,25H,3,13-22H2,1-2H3. The third-order valence-corrected chi connectivity index (χ3v) is 9.64. The molecule has 0 aromatic heterocycles. The fraction of sp³-hybridized carbons (Fsp3) is 0.536. The molecule has 1 amide bonds. The Kier molecular flexibility index (Phi) is 8.63. The Balaban J connectivity index is 1.23. The van der Waals surface area contributed by atoms with Crippen LogP contribution in [0.15, 0.2) is 59.5 Å². The number of nitrogens with zero attached hydrogens (tertiary/aromatic N) is 3. The van der Waals surface area contributed by atoms with Gasteiger partial charge in [-0.15, -0.1) is 0 Å². The van der Waals surface area contributed by atoms with Gasteiger partial charge in [0.2, 0.25) is 15.9 Å². The predicted molar refractivity (Wildman–Crippen MR) is 140 cm³/mol. The van der Waals surface area contributed by atoms with E-state index in [1.807, 2.05) is 23.1 Å². The zero-order chi connectivity index (χ0) is 24.8. The fourth-order valence-electron chi connectivity index (χ4n) is 5.11. The molecule has 0 bridgehead atoms. The van der Waals surface area contributed by atoms with Crippen molar-refractivity contribution in [3.63, 3.8) is 0 Å². The summed E-state index contributed by atoms with van der Waals surface area (Å²) in [6.45, 7) is 8.30. The highest BCUT2D eigenvalue weighted by Gasteiger charge is 2.30. The van der Waals surface area contributed by atoms with Crippen LogP contribution in [0.25, 0.3) is 0 Å². The second-order valence-electron chi connectivity index (χ2n) is 10.1. The normalized spacial score (nSPS) is 19.5. The van der Waals surface area contributed by atoms with Crippen LogP contribution >= 0.6 is 0 Å². The third-order valence-electron chi connectivity index (χ3n) is 7.72. The van der Waals surface area contributed by atoms with Crippen LogP contribution in [0.2, 0.25) is 0 Å². The number of carbonyl (C=O) groups is 1. The van der Waals surface area contributed by atoms with Crippen molar-refractivity contribution in [1.29, 1.82) is 0 Å². The highest BCUT2D eigenvalue weighted by molar-refractivity contribution is 7.89. The first-order chi connectivity index (χ1) is 16.9. The molecule has 2 fully saturated rings. The molecule has 1 atom stereocenters. The number of amides is 1. The maximum absolute atomic E-state index is 13.1. The van der Waals surface area contributed by atoms with Crippen molar-refractivity contribution < 1.29 is 13.2 Å². The Morgan fingerprint density at radius 3 is 2.14 bits per heavy atom. The van der Waals surface area contributed by atoms with Crippen LogP contribution in [-0.4, -0.2) is 74.2 Å². The molecule has 0 radical (unpaired) electrons. The predicted octanol–water partition coefficient (Wildman–Crippen LogP) is 3.99.